The lowest BCUT2D eigenvalue weighted by molar-refractivity contribution is -0.389. The monoisotopic (exact) mass is 504 g/mol. The van der Waals surface area contributed by atoms with E-state index >= 15 is 0 Å². The number of hydrogen-bond donors (Lipinski definition) is 2. The van der Waals surface area contributed by atoms with Crippen molar-refractivity contribution >= 4 is 44.9 Å². The highest BCUT2D eigenvalue weighted by atomic mass is 32.1. The number of thiophene rings is 1. The molecule has 0 aromatic carbocycles. The number of amides is 2. The summed E-state index contributed by atoms with van der Waals surface area (Å²) in [4.78, 5) is 39.1. The molecule has 4 aromatic heterocycles. The zero-order valence-corrected chi connectivity index (χ0v) is 19.2. The molecule has 0 bridgehead atoms. The van der Waals surface area contributed by atoms with Gasteiger partial charge in [-0.05, 0) is 30.4 Å². The van der Waals surface area contributed by atoms with Crippen LogP contribution >= 0.6 is 11.3 Å². The van der Waals surface area contributed by atoms with Gasteiger partial charge in [0, 0.05) is 23.7 Å². The van der Waals surface area contributed by atoms with E-state index in [1.165, 1.54) is 12.3 Å². The smallest absolute Gasteiger partial charge is 0.365 e. The van der Waals surface area contributed by atoms with E-state index in [0.717, 1.165) is 22.1 Å². The van der Waals surface area contributed by atoms with E-state index < -0.39 is 41.2 Å². The number of hydrogen-bond acceptors (Lipinski definition) is 8. The molecule has 4 aromatic rings. The van der Waals surface area contributed by atoms with Crippen molar-refractivity contribution < 1.29 is 23.3 Å². The van der Waals surface area contributed by atoms with Gasteiger partial charge in [0.05, 0.1) is 28.7 Å². The van der Waals surface area contributed by atoms with E-state index in [1.807, 2.05) is 6.92 Å². The topological polar surface area (TPSA) is 164 Å². The normalized spacial score (nSPS) is 11.3. The first-order chi connectivity index (χ1) is 16.6. The van der Waals surface area contributed by atoms with Gasteiger partial charge in [-0.3, -0.25) is 14.3 Å². The predicted octanol–water partition coefficient (Wildman–Crippen LogP) is 3.27. The van der Waals surface area contributed by atoms with Crippen LogP contribution in [0.5, 0.6) is 0 Å². The highest BCUT2D eigenvalue weighted by Crippen LogP contribution is 2.43. The van der Waals surface area contributed by atoms with E-state index in [2.05, 4.69) is 20.5 Å². The second kappa shape index (κ2) is 9.17. The summed E-state index contributed by atoms with van der Waals surface area (Å²) in [6.07, 6.45) is 0.0468. The lowest BCUT2D eigenvalue weighted by Crippen LogP contribution is -2.21. The average Bonchev–Trinajstić information content (AvgIpc) is 3.50. The Morgan fingerprint density at radius 2 is 2.03 bits per heavy atom. The van der Waals surface area contributed by atoms with Crippen LogP contribution < -0.4 is 11.1 Å². The number of nitrogens with zero attached hydrogens (tertiary/aromatic N) is 6. The number of halogens is 2. The maximum atomic E-state index is 13.6. The fourth-order valence-electron chi connectivity index (χ4n) is 3.54. The number of carbonyl (C=O) groups is 2. The Labute approximate surface area is 199 Å². The number of nitrogens with two attached hydrogens (primary N) is 1. The highest BCUT2D eigenvalue weighted by molar-refractivity contribution is 7.21. The van der Waals surface area contributed by atoms with Crippen LogP contribution in [0.3, 0.4) is 0 Å². The summed E-state index contributed by atoms with van der Waals surface area (Å²) in [6.45, 7) is 3.70. The molecule has 0 fully saturated rings. The van der Waals surface area contributed by atoms with Crippen molar-refractivity contribution in [3.8, 4) is 11.1 Å². The molecule has 35 heavy (non-hydrogen) atoms. The van der Waals surface area contributed by atoms with Gasteiger partial charge in [0.25, 0.3) is 12.3 Å². The van der Waals surface area contributed by atoms with Gasteiger partial charge in [-0.25, -0.2) is 13.8 Å². The van der Waals surface area contributed by atoms with E-state index in [4.69, 9.17) is 5.73 Å². The van der Waals surface area contributed by atoms with Gasteiger partial charge in [0.15, 0.2) is 0 Å². The predicted molar refractivity (Wildman–Crippen MR) is 122 cm³/mol. The van der Waals surface area contributed by atoms with Crippen LogP contribution in [0.15, 0.2) is 24.5 Å². The van der Waals surface area contributed by atoms with Gasteiger partial charge in [-0.15, -0.1) is 11.3 Å². The van der Waals surface area contributed by atoms with Crippen LogP contribution in [0.25, 0.3) is 21.3 Å². The van der Waals surface area contributed by atoms with Crippen LogP contribution in [0.4, 0.5) is 20.3 Å². The summed E-state index contributed by atoms with van der Waals surface area (Å²) in [7, 11) is 0. The molecule has 15 heteroatoms. The number of aromatic nitrogens is 5. The van der Waals surface area contributed by atoms with Gasteiger partial charge >= 0.3 is 5.82 Å². The Hall–Kier alpha value is -4.27. The number of pyridine rings is 1. The molecule has 182 valence electrons. The number of primary amides is 1. The maximum Gasteiger partial charge on any atom is 0.389 e. The molecule has 0 spiro atoms. The van der Waals surface area contributed by atoms with Crippen molar-refractivity contribution in [1.82, 2.24) is 24.5 Å². The fourth-order valence-corrected chi connectivity index (χ4v) is 4.56. The second-order valence-electron chi connectivity index (χ2n) is 7.41. The molecule has 0 radical (unpaired) electrons. The molecule has 0 unspecified atom stereocenters. The third kappa shape index (κ3) is 4.57. The number of nitro groups is 1. The molecule has 0 saturated carbocycles. The van der Waals surface area contributed by atoms with Gasteiger partial charge < -0.3 is 21.2 Å². The first-order valence-electron chi connectivity index (χ1n) is 10.2. The third-order valence-corrected chi connectivity index (χ3v) is 6.17. The molecule has 2 amide bonds. The highest BCUT2D eigenvalue weighted by Gasteiger charge is 2.26. The molecule has 12 nitrogen and oxygen atoms in total. The molecular weight excluding hydrogens is 486 g/mol. The Morgan fingerprint density at radius 3 is 2.60 bits per heavy atom. The van der Waals surface area contributed by atoms with Crippen molar-refractivity contribution in [1.29, 1.82) is 0 Å². The van der Waals surface area contributed by atoms with Crippen LogP contribution in [-0.2, 0) is 17.9 Å². The molecule has 4 rings (SSSR count). The molecule has 0 aliphatic rings. The van der Waals surface area contributed by atoms with Crippen molar-refractivity contribution in [3.63, 3.8) is 0 Å². The molecule has 0 aliphatic carbocycles. The SMILES string of the molecule is CCn1cc(-c2cc(C(F)F)nc3sc(C(N)=O)c(NC(=O)Cn4ccc([N+](=O)[O-])n4)c23)c(C)n1. The van der Waals surface area contributed by atoms with Crippen LogP contribution in [0.1, 0.15) is 34.4 Å². The summed E-state index contributed by atoms with van der Waals surface area (Å²) in [6, 6.07) is 2.32. The Kier molecular flexibility index (Phi) is 6.26. The van der Waals surface area contributed by atoms with Crippen molar-refractivity contribution in [2.75, 3.05) is 5.32 Å². The minimum absolute atomic E-state index is 0.0103. The van der Waals surface area contributed by atoms with Gasteiger partial charge in [-0.1, -0.05) is 0 Å². The van der Waals surface area contributed by atoms with Gasteiger partial charge in [-0.2, -0.15) is 9.78 Å². The van der Waals surface area contributed by atoms with E-state index in [1.54, 1.807) is 17.8 Å². The zero-order chi connectivity index (χ0) is 25.4. The van der Waals surface area contributed by atoms with Gasteiger partial charge in [0.1, 0.15) is 21.9 Å². The summed E-state index contributed by atoms with van der Waals surface area (Å²) >= 11 is 0.774. The minimum atomic E-state index is -2.88. The molecular formula is C20H18F2N8O4S. The lowest BCUT2D eigenvalue weighted by atomic mass is 10.0. The summed E-state index contributed by atoms with van der Waals surface area (Å²) < 4.78 is 30.0. The molecule has 0 atom stereocenters. The largest absolute Gasteiger partial charge is 0.389 e. The van der Waals surface area contributed by atoms with Crippen LogP contribution in [0, 0.1) is 17.0 Å². The summed E-state index contributed by atoms with van der Waals surface area (Å²) in [5.41, 5.74) is 6.40. The van der Waals surface area contributed by atoms with Gasteiger partial charge in [0.2, 0.25) is 5.91 Å². The number of nitrogens with one attached hydrogen (secondary N) is 1. The number of anilines is 1. The van der Waals surface area contributed by atoms with Crippen LogP contribution in [0.2, 0.25) is 0 Å². The van der Waals surface area contributed by atoms with E-state index in [9.17, 15) is 28.5 Å². The first kappa shape index (κ1) is 23.9. The molecule has 4 heterocycles. The quantitative estimate of drug-likeness (QED) is 0.275. The maximum absolute atomic E-state index is 13.6. The zero-order valence-electron chi connectivity index (χ0n) is 18.4. The van der Waals surface area contributed by atoms with Crippen molar-refractivity contribution in [3.05, 3.63) is 50.9 Å². The fraction of sp³-hybridized carbons (Fsp3) is 0.250. The Bertz CT molecular complexity index is 1480. The number of fused-ring (bicyclic) bond motifs is 1. The molecule has 3 N–H and O–H groups in total. The lowest BCUT2D eigenvalue weighted by Gasteiger charge is -2.10. The third-order valence-electron chi connectivity index (χ3n) is 5.07. The molecule has 0 saturated heterocycles. The summed E-state index contributed by atoms with van der Waals surface area (Å²) in [5.74, 6) is -2.00. The number of aryl methyl sites for hydroxylation is 2. The number of alkyl halides is 2. The first-order valence-corrected chi connectivity index (χ1v) is 11.0. The second-order valence-corrected chi connectivity index (χ2v) is 8.41. The van der Waals surface area contributed by atoms with Crippen molar-refractivity contribution in [2.24, 2.45) is 5.73 Å². The Balaban J connectivity index is 1.85. The number of carbonyl (C=O) groups excluding carboxylic acids is 2. The molecule has 0 aliphatic heterocycles. The standard InChI is InChI=1S/C20H18F2N8O4S/c1-3-28-7-11(9(2)26-28)10-6-12(18(21)22)24-20-15(10)16(17(35-20)19(23)32)25-14(31)8-29-5-4-13(27-29)30(33)34/h4-7,18H,3,8H2,1-2H3,(H2,23,32)(H,25,31). The number of rotatable bonds is 8. The van der Waals surface area contributed by atoms with E-state index in [-0.39, 0.29) is 20.8 Å². The van der Waals surface area contributed by atoms with Crippen molar-refractivity contribution in [2.45, 2.75) is 33.4 Å². The Morgan fingerprint density at radius 1 is 1.29 bits per heavy atom. The summed E-state index contributed by atoms with van der Waals surface area (Å²) in [5, 5.41) is 21.7. The minimum Gasteiger partial charge on any atom is -0.365 e. The van der Waals surface area contributed by atoms with Crippen LogP contribution in [-0.4, -0.2) is 41.3 Å². The average molecular weight is 504 g/mol. The van der Waals surface area contributed by atoms with E-state index in [0.29, 0.717) is 23.4 Å².